The first kappa shape index (κ1) is 16.6. The molecule has 0 spiro atoms. The second kappa shape index (κ2) is 8.02. The van der Waals surface area contributed by atoms with Crippen molar-refractivity contribution >= 4 is 34.6 Å². The van der Waals surface area contributed by atoms with Crippen LogP contribution in [0.4, 0.5) is 23.0 Å². The molecule has 24 heavy (non-hydrogen) atoms. The van der Waals surface area contributed by atoms with Crippen LogP contribution in [0.25, 0.3) is 0 Å². The number of allylic oxidation sites excluding steroid dienone is 1. The van der Waals surface area contributed by atoms with E-state index in [1.165, 1.54) is 37.6 Å². The van der Waals surface area contributed by atoms with Gasteiger partial charge in [-0.15, -0.1) is 0 Å². The number of rotatable bonds is 6. The van der Waals surface area contributed by atoms with Gasteiger partial charge >= 0.3 is 0 Å². The van der Waals surface area contributed by atoms with Crippen LogP contribution in [0.1, 0.15) is 32.1 Å². The summed E-state index contributed by atoms with van der Waals surface area (Å²) in [6.07, 6.45) is 9.94. The maximum absolute atomic E-state index is 6.19. The number of aromatic nitrogens is 2. The lowest BCUT2D eigenvalue weighted by atomic mass is 9.97. The van der Waals surface area contributed by atoms with Gasteiger partial charge in [0.25, 0.3) is 0 Å². The molecule has 0 atom stereocenters. The highest BCUT2D eigenvalue weighted by Gasteiger charge is 2.09. The van der Waals surface area contributed by atoms with E-state index in [1.54, 1.807) is 0 Å². The molecule has 4 N–H and O–H groups in total. The van der Waals surface area contributed by atoms with Gasteiger partial charge in [-0.25, -0.2) is 9.97 Å². The fraction of sp³-hybridized carbons (Fsp3) is 0.333. The maximum Gasteiger partial charge on any atom is 0.159 e. The lowest BCUT2D eigenvalue weighted by molar-refractivity contribution is 0.679. The van der Waals surface area contributed by atoms with Gasteiger partial charge in [-0.3, -0.25) is 0 Å². The number of nitrogen functional groups attached to an aromatic ring is 1. The summed E-state index contributed by atoms with van der Waals surface area (Å²) < 4.78 is 0. The summed E-state index contributed by atoms with van der Waals surface area (Å²) in [6.45, 7) is 0.827. The zero-order valence-electron chi connectivity index (χ0n) is 13.6. The van der Waals surface area contributed by atoms with Crippen molar-refractivity contribution in [2.45, 2.75) is 32.1 Å². The minimum absolute atomic E-state index is 0.519. The Bertz CT molecular complexity index is 712. The second-order valence-corrected chi connectivity index (χ2v) is 6.34. The summed E-state index contributed by atoms with van der Waals surface area (Å²) in [7, 11) is 0. The minimum atomic E-state index is 0.519. The molecule has 3 rings (SSSR count). The Morgan fingerprint density at radius 1 is 1.08 bits per heavy atom. The van der Waals surface area contributed by atoms with Crippen LogP contribution in [0.3, 0.4) is 0 Å². The number of nitrogens with zero attached hydrogens (tertiary/aromatic N) is 2. The van der Waals surface area contributed by atoms with Gasteiger partial charge in [0.15, 0.2) is 11.6 Å². The normalized spacial score (nSPS) is 14.1. The molecule has 1 aromatic heterocycles. The number of anilines is 4. The van der Waals surface area contributed by atoms with Crippen LogP contribution in [0.15, 0.2) is 42.2 Å². The van der Waals surface area contributed by atoms with Crippen LogP contribution in [0, 0.1) is 0 Å². The summed E-state index contributed by atoms with van der Waals surface area (Å²) in [4.78, 5) is 8.47. The highest BCUT2D eigenvalue weighted by molar-refractivity contribution is 6.30. The van der Waals surface area contributed by atoms with Crippen molar-refractivity contribution < 1.29 is 0 Å². The highest BCUT2D eigenvalue weighted by atomic mass is 35.5. The van der Waals surface area contributed by atoms with E-state index >= 15 is 0 Å². The Morgan fingerprint density at radius 2 is 1.88 bits per heavy atom. The lowest BCUT2D eigenvalue weighted by Gasteiger charge is -2.15. The average Bonchev–Trinajstić information content (AvgIpc) is 2.61. The first-order chi connectivity index (χ1) is 11.7. The van der Waals surface area contributed by atoms with Crippen molar-refractivity contribution in [1.82, 2.24) is 9.97 Å². The van der Waals surface area contributed by atoms with Crippen molar-refractivity contribution in [1.29, 1.82) is 0 Å². The fourth-order valence-electron chi connectivity index (χ4n) is 2.78. The van der Waals surface area contributed by atoms with Crippen molar-refractivity contribution in [3.05, 3.63) is 47.3 Å². The molecule has 0 amide bonds. The van der Waals surface area contributed by atoms with Crippen LogP contribution in [0.5, 0.6) is 0 Å². The SMILES string of the molecule is Nc1c(NCCC2=CCCCC2)ncnc1Nc1ccc(Cl)cc1. The van der Waals surface area contributed by atoms with Crippen LogP contribution in [0.2, 0.25) is 5.02 Å². The Balaban J connectivity index is 1.62. The van der Waals surface area contributed by atoms with E-state index in [9.17, 15) is 0 Å². The molecule has 1 aromatic carbocycles. The summed E-state index contributed by atoms with van der Waals surface area (Å²) >= 11 is 5.90. The highest BCUT2D eigenvalue weighted by Crippen LogP contribution is 2.27. The molecular formula is C18H22ClN5. The number of hydrogen-bond acceptors (Lipinski definition) is 5. The molecule has 2 aromatic rings. The molecule has 0 saturated carbocycles. The van der Waals surface area contributed by atoms with E-state index in [-0.39, 0.29) is 0 Å². The van der Waals surface area contributed by atoms with E-state index in [4.69, 9.17) is 17.3 Å². The standard InChI is InChI=1S/C18H22ClN5/c19-14-6-8-15(9-7-14)24-18-16(20)17(22-12-23-18)21-11-10-13-4-2-1-3-5-13/h4,6-9,12H,1-3,5,10-11,20H2,(H2,21,22,23,24). The molecule has 1 heterocycles. The molecule has 0 saturated heterocycles. The largest absolute Gasteiger partial charge is 0.393 e. The van der Waals surface area contributed by atoms with Gasteiger partial charge in [-0.2, -0.15) is 0 Å². The van der Waals surface area contributed by atoms with E-state index in [2.05, 4.69) is 26.7 Å². The maximum atomic E-state index is 6.19. The number of nitrogens with two attached hydrogens (primary N) is 1. The molecular weight excluding hydrogens is 322 g/mol. The summed E-state index contributed by atoms with van der Waals surface area (Å²) in [5, 5.41) is 7.20. The van der Waals surface area contributed by atoms with Crippen molar-refractivity contribution in [3.63, 3.8) is 0 Å². The Morgan fingerprint density at radius 3 is 2.62 bits per heavy atom. The monoisotopic (exact) mass is 343 g/mol. The quantitative estimate of drug-likeness (QED) is 0.659. The first-order valence-electron chi connectivity index (χ1n) is 8.27. The molecule has 5 nitrogen and oxygen atoms in total. The third kappa shape index (κ3) is 4.38. The molecule has 126 valence electrons. The molecule has 6 heteroatoms. The van der Waals surface area contributed by atoms with Crippen molar-refractivity contribution in [2.75, 3.05) is 22.9 Å². The number of hydrogen-bond donors (Lipinski definition) is 3. The van der Waals surface area contributed by atoms with Gasteiger partial charge < -0.3 is 16.4 Å². The van der Waals surface area contributed by atoms with Crippen LogP contribution >= 0.6 is 11.6 Å². The third-order valence-electron chi connectivity index (χ3n) is 4.11. The van der Waals surface area contributed by atoms with Gasteiger partial charge in [0, 0.05) is 17.3 Å². The van der Waals surface area contributed by atoms with Gasteiger partial charge in [-0.1, -0.05) is 23.3 Å². The Labute approximate surface area is 147 Å². The molecule has 0 aliphatic heterocycles. The third-order valence-corrected chi connectivity index (χ3v) is 4.37. The van der Waals surface area contributed by atoms with Gasteiger partial charge in [0.2, 0.25) is 0 Å². The van der Waals surface area contributed by atoms with E-state index in [1.807, 2.05) is 24.3 Å². The summed E-state index contributed by atoms with van der Waals surface area (Å²) in [5.74, 6) is 1.25. The van der Waals surface area contributed by atoms with E-state index in [0.29, 0.717) is 22.3 Å². The Hall–Kier alpha value is -2.27. The molecule has 1 aliphatic carbocycles. The average molecular weight is 344 g/mol. The molecule has 0 unspecified atom stereocenters. The molecule has 0 fully saturated rings. The number of halogens is 1. The molecule has 1 aliphatic rings. The Kier molecular flexibility index (Phi) is 5.54. The number of nitrogens with one attached hydrogen (secondary N) is 2. The van der Waals surface area contributed by atoms with Crippen molar-refractivity contribution in [2.24, 2.45) is 0 Å². The fourth-order valence-corrected chi connectivity index (χ4v) is 2.91. The van der Waals surface area contributed by atoms with Crippen LogP contribution in [-0.4, -0.2) is 16.5 Å². The van der Waals surface area contributed by atoms with E-state index < -0.39 is 0 Å². The smallest absolute Gasteiger partial charge is 0.159 e. The van der Waals surface area contributed by atoms with Crippen molar-refractivity contribution in [3.8, 4) is 0 Å². The molecule has 0 bridgehead atoms. The van der Waals surface area contributed by atoms with Gasteiger partial charge in [0.05, 0.1) is 0 Å². The predicted molar refractivity (Wildman–Crippen MR) is 101 cm³/mol. The predicted octanol–water partition coefficient (Wildman–Crippen LogP) is 4.76. The zero-order valence-corrected chi connectivity index (χ0v) is 14.3. The lowest BCUT2D eigenvalue weighted by Crippen LogP contribution is -2.10. The minimum Gasteiger partial charge on any atom is -0.393 e. The second-order valence-electron chi connectivity index (χ2n) is 5.90. The molecule has 0 radical (unpaired) electrons. The van der Waals surface area contributed by atoms with Crippen LogP contribution < -0.4 is 16.4 Å². The van der Waals surface area contributed by atoms with Gasteiger partial charge in [0.1, 0.15) is 12.0 Å². The topological polar surface area (TPSA) is 75.9 Å². The zero-order chi connectivity index (χ0) is 16.8. The summed E-state index contributed by atoms with van der Waals surface area (Å²) in [6, 6.07) is 7.40. The van der Waals surface area contributed by atoms with Gasteiger partial charge in [-0.05, 0) is 56.4 Å². The number of benzene rings is 1. The van der Waals surface area contributed by atoms with Crippen LogP contribution in [-0.2, 0) is 0 Å². The first-order valence-corrected chi connectivity index (χ1v) is 8.65. The summed E-state index contributed by atoms with van der Waals surface area (Å²) in [5.41, 5.74) is 9.11. The van der Waals surface area contributed by atoms with E-state index in [0.717, 1.165) is 18.7 Å².